The Bertz CT molecular complexity index is 1230. The van der Waals surface area contributed by atoms with Crippen LogP contribution in [0.5, 0.6) is 0 Å². The zero-order chi connectivity index (χ0) is 24.2. The molecule has 4 rings (SSSR count). The van der Waals surface area contributed by atoms with Gasteiger partial charge in [-0.3, -0.25) is 14.9 Å². The number of hydroxylamine groups is 1. The monoisotopic (exact) mass is 468 g/mol. The second-order valence-electron chi connectivity index (χ2n) is 7.35. The Kier molecular flexibility index (Phi) is 6.51. The SMILES string of the molecule is O=C(O)CONC(=O)c1c(F)ccc(NC(=O)OCC2c3ccccc3-c3ccccc32)c1F. The highest BCUT2D eigenvalue weighted by Gasteiger charge is 2.29. The molecular formula is C24H18F2N2O6. The Morgan fingerprint density at radius 3 is 2.15 bits per heavy atom. The van der Waals surface area contributed by atoms with Gasteiger partial charge in [0.1, 0.15) is 18.0 Å². The van der Waals surface area contributed by atoms with Crippen molar-refractivity contribution >= 4 is 23.7 Å². The molecule has 0 saturated carbocycles. The van der Waals surface area contributed by atoms with Crippen LogP contribution in [-0.2, 0) is 14.4 Å². The first-order chi connectivity index (χ1) is 16.4. The Balaban J connectivity index is 1.45. The van der Waals surface area contributed by atoms with Crippen molar-refractivity contribution < 1.29 is 37.8 Å². The van der Waals surface area contributed by atoms with Crippen LogP contribution in [0.2, 0.25) is 0 Å². The summed E-state index contributed by atoms with van der Waals surface area (Å²) in [7, 11) is 0. The molecule has 0 unspecified atom stereocenters. The number of hydrogen-bond donors (Lipinski definition) is 3. The average Bonchev–Trinajstić information content (AvgIpc) is 3.13. The fourth-order valence-corrected chi connectivity index (χ4v) is 3.82. The van der Waals surface area contributed by atoms with Gasteiger partial charge in [0.15, 0.2) is 12.4 Å². The summed E-state index contributed by atoms with van der Waals surface area (Å²) >= 11 is 0. The van der Waals surface area contributed by atoms with Crippen molar-refractivity contribution in [3.8, 4) is 11.1 Å². The number of aliphatic carboxylic acids is 1. The van der Waals surface area contributed by atoms with Crippen molar-refractivity contribution in [2.45, 2.75) is 5.92 Å². The molecule has 0 atom stereocenters. The molecule has 0 fully saturated rings. The Hall–Kier alpha value is -4.31. The van der Waals surface area contributed by atoms with Crippen LogP contribution >= 0.6 is 0 Å². The minimum atomic E-state index is -1.40. The molecule has 3 N–H and O–H groups in total. The molecule has 0 aromatic heterocycles. The maximum atomic E-state index is 14.7. The standard InChI is InChI=1S/C24H18F2N2O6/c25-18-9-10-19(22(26)21(18)23(31)28-34-12-20(29)30)27-24(32)33-11-17-15-7-3-1-5-13(15)14-6-2-4-8-16(14)17/h1-10,17H,11-12H2,(H,27,32)(H,28,31)(H,29,30). The minimum Gasteiger partial charge on any atom is -0.479 e. The molecule has 3 aromatic carbocycles. The zero-order valence-corrected chi connectivity index (χ0v) is 17.5. The molecule has 3 aromatic rings. The zero-order valence-electron chi connectivity index (χ0n) is 17.5. The third kappa shape index (κ3) is 4.57. The summed E-state index contributed by atoms with van der Waals surface area (Å²) in [5.41, 5.74) is 4.14. The van der Waals surface area contributed by atoms with Crippen molar-refractivity contribution in [3.05, 3.63) is 89.0 Å². The number of hydrogen-bond acceptors (Lipinski definition) is 5. The lowest BCUT2D eigenvalue weighted by Gasteiger charge is -2.15. The number of fused-ring (bicyclic) bond motifs is 3. The fraction of sp³-hybridized carbons (Fsp3) is 0.125. The molecule has 0 bridgehead atoms. The van der Waals surface area contributed by atoms with Gasteiger partial charge in [0, 0.05) is 5.92 Å². The van der Waals surface area contributed by atoms with E-state index in [9.17, 15) is 23.2 Å². The van der Waals surface area contributed by atoms with E-state index in [0.717, 1.165) is 34.4 Å². The molecule has 0 spiro atoms. The second kappa shape index (κ2) is 9.67. The van der Waals surface area contributed by atoms with Crippen LogP contribution < -0.4 is 10.8 Å². The molecule has 8 nitrogen and oxygen atoms in total. The number of anilines is 1. The first-order valence-corrected chi connectivity index (χ1v) is 10.1. The third-order valence-corrected chi connectivity index (χ3v) is 5.26. The van der Waals surface area contributed by atoms with Gasteiger partial charge in [-0.25, -0.2) is 23.9 Å². The van der Waals surface area contributed by atoms with E-state index in [-0.39, 0.29) is 12.5 Å². The van der Waals surface area contributed by atoms with Crippen LogP contribution in [0, 0.1) is 11.6 Å². The van der Waals surface area contributed by atoms with Gasteiger partial charge in [0.2, 0.25) is 0 Å². The number of carbonyl (C=O) groups excluding carboxylic acids is 2. The highest BCUT2D eigenvalue weighted by Crippen LogP contribution is 2.44. The van der Waals surface area contributed by atoms with E-state index in [1.165, 1.54) is 0 Å². The van der Waals surface area contributed by atoms with E-state index < -0.39 is 47.5 Å². The van der Waals surface area contributed by atoms with Crippen LogP contribution in [0.25, 0.3) is 11.1 Å². The van der Waals surface area contributed by atoms with E-state index in [1.807, 2.05) is 48.5 Å². The minimum absolute atomic E-state index is 0.0287. The van der Waals surface area contributed by atoms with Gasteiger partial charge in [-0.1, -0.05) is 48.5 Å². The summed E-state index contributed by atoms with van der Waals surface area (Å²) in [5.74, 6) is -5.57. The molecular weight excluding hydrogens is 450 g/mol. The number of nitrogens with one attached hydrogen (secondary N) is 2. The third-order valence-electron chi connectivity index (χ3n) is 5.26. The normalized spacial score (nSPS) is 11.9. The average molecular weight is 468 g/mol. The summed E-state index contributed by atoms with van der Waals surface area (Å²) in [6, 6.07) is 17.2. The molecule has 10 heteroatoms. The number of ether oxygens (including phenoxy) is 1. The van der Waals surface area contributed by atoms with Crippen molar-refractivity contribution in [1.29, 1.82) is 0 Å². The Labute approximate surface area is 192 Å². The molecule has 0 heterocycles. The second-order valence-corrected chi connectivity index (χ2v) is 7.35. The van der Waals surface area contributed by atoms with Crippen LogP contribution in [0.3, 0.4) is 0 Å². The van der Waals surface area contributed by atoms with Gasteiger partial charge in [-0.15, -0.1) is 0 Å². The highest BCUT2D eigenvalue weighted by atomic mass is 19.1. The van der Waals surface area contributed by atoms with Gasteiger partial charge in [-0.05, 0) is 34.4 Å². The van der Waals surface area contributed by atoms with E-state index in [0.29, 0.717) is 0 Å². The number of rotatable bonds is 7. The first-order valence-electron chi connectivity index (χ1n) is 10.1. The van der Waals surface area contributed by atoms with Crippen LogP contribution in [-0.4, -0.2) is 36.3 Å². The molecule has 2 amide bonds. The van der Waals surface area contributed by atoms with E-state index >= 15 is 0 Å². The smallest absolute Gasteiger partial charge is 0.411 e. The molecule has 1 aliphatic carbocycles. The Morgan fingerprint density at radius 1 is 0.912 bits per heavy atom. The Morgan fingerprint density at radius 2 is 1.53 bits per heavy atom. The van der Waals surface area contributed by atoms with Crippen LogP contribution in [0.15, 0.2) is 60.7 Å². The number of carboxylic acids is 1. The lowest BCUT2D eigenvalue weighted by atomic mass is 9.98. The first kappa shape index (κ1) is 22.9. The van der Waals surface area contributed by atoms with Gasteiger partial charge >= 0.3 is 12.1 Å². The van der Waals surface area contributed by atoms with E-state index in [4.69, 9.17) is 9.84 Å². The molecule has 1 aliphatic rings. The number of carbonyl (C=O) groups is 3. The number of carboxylic acid groups (broad SMARTS) is 1. The molecule has 0 saturated heterocycles. The summed E-state index contributed by atoms with van der Waals surface area (Å²) in [6.45, 7) is -0.939. The summed E-state index contributed by atoms with van der Waals surface area (Å²) in [4.78, 5) is 39.1. The lowest BCUT2D eigenvalue weighted by molar-refractivity contribution is -0.144. The molecule has 174 valence electrons. The number of benzene rings is 3. The van der Waals surface area contributed by atoms with Gasteiger partial charge in [0.05, 0.1) is 5.69 Å². The maximum absolute atomic E-state index is 14.7. The van der Waals surface area contributed by atoms with Crippen molar-refractivity contribution in [3.63, 3.8) is 0 Å². The molecule has 0 aliphatic heterocycles. The largest absolute Gasteiger partial charge is 0.479 e. The van der Waals surface area contributed by atoms with Crippen molar-refractivity contribution in [1.82, 2.24) is 5.48 Å². The summed E-state index contributed by atoms with van der Waals surface area (Å²) in [5, 5.41) is 10.7. The predicted molar refractivity (Wildman–Crippen MR) is 116 cm³/mol. The van der Waals surface area contributed by atoms with Crippen LogP contribution in [0.4, 0.5) is 19.3 Å². The topological polar surface area (TPSA) is 114 Å². The van der Waals surface area contributed by atoms with E-state index in [1.54, 1.807) is 5.48 Å². The lowest BCUT2D eigenvalue weighted by Crippen LogP contribution is -2.28. The predicted octanol–water partition coefficient (Wildman–Crippen LogP) is 4.07. The summed E-state index contributed by atoms with van der Waals surface area (Å²) < 4.78 is 34.1. The van der Waals surface area contributed by atoms with Gasteiger partial charge in [0.25, 0.3) is 5.91 Å². The highest BCUT2D eigenvalue weighted by molar-refractivity contribution is 5.96. The van der Waals surface area contributed by atoms with Crippen molar-refractivity contribution in [2.75, 3.05) is 18.5 Å². The molecule has 34 heavy (non-hydrogen) atoms. The summed E-state index contributed by atoms with van der Waals surface area (Å²) in [6.07, 6.45) is -0.999. The fourth-order valence-electron chi connectivity index (χ4n) is 3.82. The van der Waals surface area contributed by atoms with Crippen LogP contribution in [0.1, 0.15) is 27.4 Å². The van der Waals surface area contributed by atoms with E-state index in [2.05, 4.69) is 10.2 Å². The van der Waals surface area contributed by atoms with Gasteiger partial charge < -0.3 is 9.84 Å². The molecule has 0 radical (unpaired) electrons. The quantitative estimate of drug-likeness (QED) is 0.451. The maximum Gasteiger partial charge on any atom is 0.411 e. The number of halogens is 2. The van der Waals surface area contributed by atoms with Crippen molar-refractivity contribution in [2.24, 2.45) is 0 Å². The van der Waals surface area contributed by atoms with Gasteiger partial charge in [-0.2, -0.15) is 0 Å². The number of amides is 2.